The smallest absolute Gasteiger partial charge is 0.119 e. The van der Waals surface area contributed by atoms with Crippen LogP contribution in [0.5, 0.6) is 5.75 Å². The average molecular weight is 251 g/mol. The summed E-state index contributed by atoms with van der Waals surface area (Å²) in [7, 11) is 1.96. The molecule has 0 spiro atoms. The summed E-state index contributed by atoms with van der Waals surface area (Å²) in [6.45, 7) is 6.42. The Bertz CT molecular complexity index is 311. The number of nitrogens with one attached hydrogen (secondary N) is 1. The number of hydrogen-bond donors (Lipinski definition) is 1. The SMILES string of the molecule is CCCCOCC(NC)c1ccc(OCC)cc1. The lowest BCUT2D eigenvalue weighted by Crippen LogP contribution is -2.22. The third kappa shape index (κ3) is 5.07. The van der Waals surface area contributed by atoms with Crippen LogP contribution in [-0.2, 0) is 4.74 Å². The van der Waals surface area contributed by atoms with E-state index >= 15 is 0 Å². The highest BCUT2D eigenvalue weighted by molar-refractivity contribution is 5.29. The van der Waals surface area contributed by atoms with Gasteiger partial charge in [-0.3, -0.25) is 0 Å². The second-order valence-corrected chi connectivity index (χ2v) is 4.27. The molecule has 1 unspecified atom stereocenters. The molecular weight excluding hydrogens is 226 g/mol. The fraction of sp³-hybridized carbons (Fsp3) is 0.600. The molecule has 3 nitrogen and oxygen atoms in total. The van der Waals surface area contributed by atoms with Crippen LogP contribution in [0.15, 0.2) is 24.3 Å². The van der Waals surface area contributed by atoms with Crippen molar-refractivity contribution in [1.82, 2.24) is 5.32 Å². The van der Waals surface area contributed by atoms with Crippen LogP contribution >= 0.6 is 0 Å². The van der Waals surface area contributed by atoms with Crippen LogP contribution < -0.4 is 10.1 Å². The first kappa shape index (κ1) is 15.0. The predicted octanol–water partition coefficient (Wildman–Crippen LogP) is 3.16. The van der Waals surface area contributed by atoms with Crippen molar-refractivity contribution in [1.29, 1.82) is 0 Å². The molecule has 1 N–H and O–H groups in total. The molecule has 0 saturated heterocycles. The highest BCUT2D eigenvalue weighted by Crippen LogP contribution is 2.18. The predicted molar refractivity (Wildman–Crippen MR) is 75.1 cm³/mol. The third-order valence-corrected chi connectivity index (χ3v) is 2.87. The molecule has 0 saturated carbocycles. The number of likely N-dealkylation sites (N-methyl/N-ethyl adjacent to an activating group) is 1. The van der Waals surface area contributed by atoms with Crippen molar-refractivity contribution < 1.29 is 9.47 Å². The van der Waals surface area contributed by atoms with Crippen molar-refractivity contribution in [2.75, 3.05) is 26.9 Å². The topological polar surface area (TPSA) is 30.5 Å². The van der Waals surface area contributed by atoms with E-state index in [1.54, 1.807) is 0 Å². The van der Waals surface area contributed by atoms with Crippen LogP contribution in [-0.4, -0.2) is 26.9 Å². The minimum Gasteiger partial charge on any atom is -0.494 e. The van der Waals surface area contributed by atoms with Crippen LogP contribution in [0.4, 0.5) is 0 Å². The molecule has 0 heterocycles. The Labute approximate surface area is 110 Å². The summed E-state index contributed by atoms with van der Waals surface area (Å²) in [5, 5.41) is 3.28. The molecule has 0 aliphatic heterocycles. The summed E-state index contributed by atoms with van der Waals surface area (Å²) in [5.74, 6) is 0.919. The molecule has 3 heteroatoms. The molecule has 1 aromatic carbocycles. The Morgan fingerprint density at radius 3 is 2.44 bits per heavy atom. The quantitative estimate of drug-likeness (QED) is 0.684. The Hall–Kier alpha value is -1.06. The van der Waals surface area contributed by atoms with Gasteiger partial charge in [-0.05, 0) is 38.1 Å². The van der Waals surface area contributed by atoms with Crippen LogP contribution in [0.2, 0.25) is 0 Å². The zero-order valence-electron chi connectivity index (χ0n) is 11.7. The first-order valence-corrected chi connectivity index (χ1v) is 6.79. The van der Waals surface area contributed by atoms with E-state index in [4.69, 9.17) is 9.47 Å². The average Bonchev–Trinajstić information content (AvgIpc) is 2.41. The highest BCUT2D eigenvalue weighted by Gasteiger charge is 2.09. The minimum atomic E-state index is 0.248. The molecule has 0 fully saturated rings. The van der Waals surface area contributed by atoms with E-state index in [9.17, 15) is 0 Å². The summed E-state index contributed by atoms with van der Waals surface area (Å²) >= 11 is 0. The number of hydrogen-bond acceptors (Lipinski definition) is 3. The van der Waals surface area contributed by atoms with Crippen molar-refractivity contribution in [3.63, 3.8) is 0 Å². The molecule has 0 amide bonds. The summed E-state index contributed by atoms with van der Waals surface area (Å²) in [6, 6.07) is 8.45. The standard InChI is InChI=1S/C15H25NO2/c1-4-6-11-17-12-15(16-3)13-7-9-14(10-8-13)18-5-2/h7-10,15-16H,4-6,11-12H2,1-3H3. The van der Waals surface area contributed by atoms with E-state index in [1.807, 2.05) is 26.1 Å². The van der Waals surface area contributed by atoms with E-state index in [0.717, 1.165) is 18.8 Å². The van der Waals surface area contributed by atoms with Gasteiger partial charge in [-0.25, -0.2) is 0 Å². The lowest BCUT2D eigenvalue weighted by atomic mass is 10.1. The summed E-state index contributed by atoms with van der Waals surface area (Å²) in [6.07, 6.45) is 2.30. The van der Waals surface area contributed by atoms with Crippen LogP contribution in [0, 0.1) is 0 Å². The van der Waals surface area contributed by atoms with Gasteiger partial charge in [-0.2, -0.15) is 0 Å². The zero-order valence-corrected chi connectivity index (χ0v) is 11.7. The molecule has 1 atom stereocenters. The Morgan fingerprint density at radius 1 is 1.17 bits per heavy atom. The summed E-state index contributed by atoms with van der Waals surface area (Å²) in [4.78, 5) is 0. The molecule has 1 rings (SSSR count). The van der Waals surface area contributed by atoms with E-state index in [2.05, 4.69) is 24.4 Å². The van der Waals surface area contributed by atoms with Gasteiger partial charge in [0.05, 0.1) is 19.3 Å². The van der Waals surface area contributed by atoms with Gasteiger partial charge in [0, 0.05) is 6.61 Å². The lowest BCUT2D eigenvalue weighted by molar-refractivity contribution is 0.111. The van der Waals surface area contributed by atoms with Crippen molar-refractivity contribution in [3.05, 3.63) is 29.8 Å². The van der Waals surface area contributed by atoms with Gasteiger partial charge in [0.15, 0.2) is 0 Å². The number of benzene rings is 1. The molecule has 0 bridgehead atoms. The maximum absolute atomic E-state index is 5.67. The second kappa shape index (κ2) is 8.95. The largest absolute Gasteiger partial charge is 0.494 e. The Kier molecular flexibility index (Phi) is 7.46. The number of unbranched alkanes of at least 4 members (excludes halogenated alkanes) is 1. The third-order valence-electron chi connectivity index (χ3n) is 2.87. The molecule has 0 aromatic heterocycles. The minimum absolute atomic E-state index is 0.248. The fourth-order valence-electron chi connectivity index (χ4n) is 1.76. The van der Waals surface area contributed by atoms with Gasteiger partial charge in [0.2, 0.25) is 0 Å². The molecular formula is C15H25NO2. The fourth-order valence-corrected chi connectivity index (χ4v) is 1.76. The molecule has 0 radical (unpaired) electrons. The Morgan fingerprint density at radius 2 is 1.89 bits per heavy atom. The van der Waals surface area contributed by atoms with Crippen LogP contribution in [0.25, 0.3) is 0 Å². The maximum atomic E-state index is 5.67. The summed E-state index contributed by atoms with van der Waals surface area (Å²) < 4.78 is 11.1. The first-order chi connectivity index (χ1) is 8.81. The van der Waals surface area contributed by atoms with E-state index < -0.39 is 0 Å². The van der Waals surface area contributed by atoms with E-state index in [0.29, 0.717) is 13.2 Å². The maximum Gasteiger partial charge on any atom is 0.119 e. The molecule has 0 aliphatic carbocycles. The van der Waals surface area contributed by atoms with Gasteiger partial charge in [-0.15, -0.1) is 0 Å². The lowest BCUT2D eigenvalue weighted by Gasteiger charge is -2.17. The van der Waals surface area contributed by atoms with Crippen LogP contribution in [0.1, 0.15) is 38.3 Å². The van der Waals surface area contributed by atoms with Crippen molar-refractivity contribution in [2.24, 2.45) is 0 Å². The monoisotopic (exact) mass is 251 g/mol. The number of ether oxygens (including phenoxy) is 2. The molecule has 18 heavy (non-hydrogen) atoms. The normalized spacial score (nSPS) is 12.4. The summed E-state index contributed by atoms with van der Waals surface area (Å²) in [5.41, 5.74) is 1.23. The number of rotatable bonds is 9. The van der Waals surface area contributed by atoms with Crippen molar-refractivity contribution >= 4 is 0 Å². The van der Waals surface area contributed by atoms with Crippen molar-refractivity contribution in [3.8, 4) is 5.75 Å². The second-order valence-electron chi connectivity index (χ2n) is 4.27. The van der Waals surface area contributed by atoms with Crippen molar-refractivity contribution in [2.45, 2.75) is 32.7 Å². The first-order valence-electron chi connectivity index (χ1n) is 6.79. The zero-order chi connectivity index (χ0) is 13.2. The van der Waals surface area contributed by atoms with Crippen LogP contribution in [0.3, 0.4) is 0 Å². The Balaban J connectivity index is 2.48. The van der Waals surface area contributed by atoms with Gasteiger partial charge >= 0.3 is 0 Å². The van der Waals surface area contributed by atoms with Gasteiger partial charge < -0.3 is 14.8 Å². The van der Waals surface area contributed by atoms with Gasteiger partial charge in [0.25, 0.3) is 0 Å². The van der Waals surface area contributed by atoms with Gasteiger partial charge in [-0.1, -0.05) is 25.5 Å². The highest BCUT2D eigenvalue weighted by atomic mass is 16.5. The van der Waals surface area contributed by atoms with E-state index in [1.165, 1.54) is 12.0 Å². The van der Waals surface area contributed by atoms with E-state index in [-0.39, 0.29) is 6.04 Å². The molecule has 102 valence electrons. The molecule has 1 aromatic rings. The van der Waals surface area contributed by atoms with Gasteiger partial charge in [0.1, 0.15) is 5.75 Å². The molecule has 0 aliphatic rings.